The number of fused-ring (bicyclic) bond motifs is 1. The van der Waals surface area contributed by atoms with Gasteiger partial charge in [-0.15, -0.1) is 0 Å². The highest BCUT2D eigenvalue weighted by molar-refractivity contribution is 6.03. The number of aliphatic hydroxyl groups is 1. The molecular formula is C31H52N2O4. The lowest BCUT2D eigenvalue weighted by Gasteiger charge is -2.47. The number of nitrogens with zero attached hydrogens (tertiary/aromatic N) is 1. The summed E-state index contributed by atoms with van der Waals surface area (Å²) in [7, 11) is 0. The van der Waals surface area contributed by atoms with Crippen LogP contribution in [0.4, 0.5) is 5.69 Å². The molecular weight excluding hydrogens is 464 g/mol. The molecule has 0 radical (unpaired) electrons. The van der Waals surface area contributed by atoms with E-state index < -0.39 is 6.10 Å². The highest BCUT2D eigenvalue weighted by Gasteiger charge is 2.47. The predicted octanol–water partition coefficient (Wildman–Crippen LogP) is 5.67. The number of aliphatic hydroxyl groups excluding tert-OH is 1. The van der Waals surface area contributed by atoms with Gasteiger partial charge in [-0.05, 0) is 101 Å². The van der Waals surface area contributed by atoms with E-state index in [1.807, 2.05) is 46.8 Å². The van der Waals surface area contributed by atoms with Crippen LogP contribution in [0.5, 0.6) is 0 Å². The number of rotatable bonds is 13. The average molecular weight is 517 g/mol. The number of Topliss-reactive ketones (excluding diaryl/α,β-unsaturated/α-hetero) is 1. The molecule has 1 saturated carbocycles. The van der Waals surface area contributed by atoms with Crippen molar-refractivity contribution < 1.29 is 19.4 Å². The molecule has 210 valence electrons. The number of carbonyl (C=O) groups excluding carboxylic acids is 1. The van der Waals surface area contributed by atoms with Gasteiger partial charge in [-0.25, -0.2) is 0 Å². The fourth-order valence-corrected chi connectivity index (χ4v) is 5.27. The third kappa shape index (κ3) is 8.01. The summed E-state index contributed by atoms with van der Waals surface area (Å²) >= 11 is 0. The summed E-state index contributed by atoms with van der Waals surface area (Å²) in [5.74, 6) is 1.22. The Morgan fingerprint density at radius 2 is 1.84 bits per heavy atom. The average Bonchev–Trinajstić information content (AvgIpc) is 3.63. The second kappa shape index (κ2) is 11.7. The molecule has 2 unspecified atom stereocenters. The number of hydrogen-bond acceptors (Lipinski definition) is 6. The van der Waals surface area contributed by atoms with Crippen molar-refractivity contribution in [2.24, 2.45) is 11.8 Å². The van der Waals surface area contributed by atoms with Gasteiger partial charge in [0.15, 0.2) is 5.78 Å². The number of likely N-dealkylation sites (N-methyl/N-ethyl adjacent to an activating group) is 1. The molecule has 0 aliphatic heterocycles. The zero-order valence-corrected chi connectivity index (χ0v) is 24.8. The van der Waals surface area contributed by atoms with Crippen LogP contribution < -0.4 is 5.32 Å². The summed E-state index contributed by atoms with van der Waals surface area (Å²) in [6.07, 6.45) is 2.70. The van der Waals surface area contributed by atoms with Gasteiger partial charge in [0.25, 0.3) is 0 Å². The molecule has 1 fully saturated rings. The van der Waals surface area contributed by atoms with E-state index in [1.165, 1.54) is 12.8 Å². The van der Waals surface area contributed by atoms with Crippen LogP contribution in [0.25, 0.3) is 0 Å². The Bertz CT molecular complexity index is 916. The van der Waals surface area contributed by atoms with Gasteiger partial charge in [-0.1, -0.05) is 27.7 Å². The zero-order valence-electron chi connectivity index (χ0n) is 24.8. The van der Waals surface area contributed by atoms with Gasteiger partial charge in [-0.2, -0.15) is 0 Å². The molecule has 2 aliphatic rings. The van der Waals surface area contributed by atoms with E-state index in [4.69, 9.17) is 9.47 Å². The van der Waals surface area contributed by atoms with Crippen LogP contribution in [0.15, 0.2) is 18.2 Å². The lowest BCUT2D eigenvalue weighted by molar-refractivity contribution is -0.0858. The van der Waals surface area contributed by atoms with Crippen LogP contribution >= 0.6 is 0 Å². The molecule has 0 saturated heterocycles. The van der Waals surface area contributed by atoms with Gasteiger partial charge >= 0.3 is 0 Å². The first-order valence-corrected chi connectivity index (χ1v) is 14.3. The number of benzene rings is 1. The molecule has 6 heteroatoms. The lowest BCUT2D eigenvalue weighted by atomic mass is 9.63. The van der Waals surface area contributed by atoms with E-state index in [-0.39, 0.29) is 41.0 Å². The minimum atomic E-state index is -0.641. The first kappa shape index (κ1) is 30.1. The minimum absolute atomic E-state index is 0.0666. The highest BCUT2D eigenvalue weighted by Crippen LogP contribution is 2.44. The molecule has 0 amide bonds. The Hall–Kier alpha value is -1.47. The van der Waals surface area contributed by atoms with Gasteiger partial charge in [0.05, 0.1) is 30.0 Å². The maximum absolute atomic E-state index is 13.7. The van der Waals surface area contributed by atoms with Crippen LogP contribution in [0, 0.1) is 11.8 Å². The molecule has 0 bridgehead atoms. The van der Waals surface area contributed by atoms with Crippen LogP contribution in [-0.4, -0.2) is 72.0 Å². The number of nitrogens with one attached hydrogen (secondary N) is 1. The lowest BCUT2D eigenvalue weighted by Crippen LogP contribution is -2.55. The summed E-state index contributed by atoms with van der Waals surface area (Å²) < 4.78 is 11.8. The molecule has 6 nitrogen and oxygen atoms in total. The monoisotopic (exact) mass is 516 g/mol. The summed E-state index contributed by atoms with van der Waals surface area (Å²) in [6.45, 7) is 22.3. The Morgan fingerprint density at radius 3 is 2.43 bits per heavy atom. The van der Waals surface area contributed by atoms with Gasteiger partial charge in [0.2, 0.25) is 0 Å². The second-order valence-corrected chi connectivity index (χ2v) is 13.4. The van der Waals surface area contributed by atoms with E-state index in [0.29, 0.717) is 13.2 Å². The topological polar surface area (TPSA) is 71.0 Å². The summed E-state index contributed by atoms with van der Waals surface area (Å²) in [6, 6.07) is 5.99. The molecule has 3 atom stereocenters. The fourth-order valence-electron chi connectivity index (χ4n) is 5.27. The molecule has 1 aromatic carbocycles. The van der Waals surface area contributed by atoms with Crippen LogP contribution in [-0.2, 0) is 14.9 Å². The van der Waals surface area contributed by atoms with Crippen molar-refractivity contribution in [3.63, 3.8) is 0 Å². The highest BCUT2D eigenvalue weighted by atomic mass is 16.5. The Balaban J connectivity index is 1.60. The normalized spacial score (nSPS) is 22.7. The van der Waals surface area contributed by atoms with E-state index in [2.05, 4.69) is 44.0 Å². The predicted molar refractivity (Wildman–Crippen MR) is 152 cm³/mol. The molecule has 0 aromatic heterocycles. The van der Waals surface area contributed by atoms with Crippen molar-refractivity contribution in [3.8, 4) is 0 Å². The SMILES string of the molecule is CCN(CC1CC1)C1C(=O)c2ccc(NCC(O)COC(C)(C)CCOC(C)(C)C)cc2C(C)(C)[C@H]1C. The van der Waals surface area contributed by atoms with E-state index in [0.717, 1.165) is 42.2 Å². The van der Waals surface area contributed by atoms with E-state index in [1.54, 1.807) is 0 Å². The van der Waals surface area contributed by atoms with E-state index in [9.17, 15) is 9.90 Å². The number of hydrogen-bond donors (Lipinski definition) is 2. The second-order valence-electron chi connectivity index (χ2n) is 13.4. The molecule has 3 rings (SSSR count). The Kier molecular flexibility index (Phi) is 9.53. The van der Waals surface area contributed by atoms with Crippen molar-refractivity contribution in [1.29, 1.82) is 0 Å². The third-order valence-electron chi connectivity index (χ3n) is 8.30. The van der Waals surface area contributed by atoms with E-state index >= 15 is 0 Å². The molecule has 2 N–H and O–H groups in total. The molecule has 37 heavy (non-hydrogen) atoms. The minimum Gasteiger partial charge on any atom is -0.389 e. The van der Waals surface area contributed by atoms with Crippen molar-refractivity contribution >= 4 is 11.5 Å². The van der Waals surface area contributed by atoms with Crippen LogP contribution in [0.1, 0.15) is 97.5 Å². The summed E-state index contributed by atoms with van der Waals surface area (Å²) in [5.41, 5.74) is 2.19. The smallest absolute Gasteiger partial charge is 0.180 e. The number of ether oxygens (including phenoxy) is 2. The third-order valence-corrected chi connectivity index (χ3v) is 8.30. The van der Waals surface area contributed by atoms with Crippen molar-refractivity contribution in [2.75, 3.05) is 38.2 Å². The Morgan fingerprint density at radius 1 is 1.16 bits per heavy atom. The first-order chi connectivity index (χ1) is 17.1. The maximum atomic E-state index is 13.7. The Labute approximate surface area is 225 Å². The standard InChI is InChI=1S/C31H52N2O4/c1-10-33(19-22-11-12-22)27-21(2)31(8,9)26-17-23(13-14-25(26)28(27)35)32-18-24(34)20-37-30(6,7)15-16-36-29(3,4)5/h13-14,17,21-22,24,27,32,34H,10-12,15-16,18-20H2,1-9H3/t21-,24?,27?/m0/s1. The van der Waals surface area contributed by atoms with Gasteiger partial charge in [0.1, 0.15) is 0 Å². The van der Waals surface area contributed by atoms with Gasteiger partial charge in [-0.3, -0.25) is 9.69 Å². The molecule has 0 heterocycles. The summed E-state index contributed by atoms with van der Waals surface area (Å²) in [4.78, 5) is 16.1. The zero-order chi connectivity index (χ0) is 27.6. The molecule has 0 spiro atoms. The number of anilines is 1. The van der Waals surface area contributed by atoms with Crippen molar-refractivity contribution in [1.82, 2.24) is 4.90 Å². The molecule has 1 aromatic rings. The van der Waals surface area contributed by atoms with Gasteiger partial charge in [0, 0.05) is 30.9 Å². The van der Waals surface area contributed by atoms with Crippen molar-refractivity contribution in [3.05, 3.63) is 29.3 Å². The summed E-state index contributed by atoms with van der Waals surface area (Å²) in [5, 5.41) is 13.9. The largest absolute Gasteiger partial charge is 0.389 e. The number of carbonyl (C=O) groups is 1. The fraction of sp³-hybridized carbons (Fsp3) is 0.774. The van der Waals surface area contributed by atoms with Crippen molar-refractivity contribution in [2.45, 2.75) is 110 Å². The first-order valence-electron chi connectivity index (χ1n) is 14.3. The number of ketones is 1. The van der Waals surface area contributed by atoms with Crippen LogP contribution in [0.3, 0.4) is 0 Å². The maximum Gasteiger partial charge on any atom is 0.180 e. The quantitative estimate of drug-likeness (QED) is 0.352. The van der Waals surface area contributed by atoms with Crippen LogP contribution in [0.2, 0.25) is 0 Å². The molecule has 2 aliphatic carbocycles. The van der Waals surface area contributed by atoms with Gasteiger partial charge < -0.3 is 19.9 Å².